The van der Waals surface area contributed by atoms with Crippen LogP contribution in [0.4, 0.5) is 19.1 Å². The highest BCUT2D eigenvalue weighted by molar-refractivity contribution is 5.93. The van der Waals surface area contributed by atoms with Crippen molar-refractivity contribution >= 4 is 22.9 Å². The summed E-state index contributed by atoms with van der Waals surface area (Å²) in [7, 11) is 0. The van der Waals surface area contributed by atoms with Crippen LogP contribution in [0.5, 0.6) is 0 Å². The molecular formula is C22H28F3N3O2. The molecule has 0 atom stereocenters. The second-order valence-corrected chi connectivity index (χ2v) is 9.91. The standard InChI is InChI=1S/C22H28F3N3O2/c1-20(2,3)12-16(29)27-19-26-15-9-8-14(21(30)10-5-11-21)17(22(23,24)25)18(15)28(19)13-6-4-7-13/h8-9,13,30H,4-7,10-12H2,1-3H3,(H,26,27,29). The predicted octanol–water partition coefficient (Wildman–Crippen LogP) is 5.53. The van der Waals surface area contributed by atoms with E-state index in [4.69, 9.17) is 0 Å². The number of anilines is 1. The van der Waals surface area contributed by atoms with Crippen LogP contribution in [0.25, 0.3) is 11.0 Å². The molecule has 30 heavy (non-hydrogen) atoms. The first-order valence-corrected chi connectivity index (χ1v) is 10.5. The smallest absolute Gasteiger partial charge is 0.385 e. The minimum absolute atomic E-state index is 0.0314. The van der Waals surface area contributed by atoms with E-state index in [0.29, 0.717) is 19.3 Å². The van der Waals surface area contributed by atoms with Crippen LogP contribution < -0.4 is 5.32 Å². The molecule has 2 fully saturated rings. The van der Waals surface area contributed by atoms with Crippen molar-refractivity contribution in [3.63, 3.8) is 0 Å². The molecule has 1 aromatic heterocycles. The summed E-state index contributed by atoms with van der Waals surface area (Å²) in [6.07, 6.45) is -0.694. The van der Waals surface area contributed by atoms with Crippen LogP contribution in [-0.2, 0) is 16.6 Å². The summed E-state index contributed by atoms with van der Waals surface area (Å²) >= 11 is 0. The lowest BCUT2D eigenvalue weighted by Crippen LogP contribution is -2.36. The fourth-order valence-corrected chi connectivity index (χ4v) is 4.38. The van der Waals surface area contributed by atoms with E-state index in [-0.39, 0.29) is 46.3 Å². The highest BCUT2D eigenvalue weighted by atomic mass is 19.4. The van der Waals surface area contributed by atoms with Gasteiger partial charge in [0.15, 0.2) is 0 Å². The molecule has 5 nitrogen and oxygen atoms in total. The SMILES string of the molecule is CC(C)(C)CC(=O)Nc1nc2ccc(C3(O)CCC3)c(C(F)(F)F)c2n1C1CCC1. The van der Waals surface area contributed by atoms with E-state index < -0.39 is 17.3 Å². The molecule has 0 radical (unpaired) electrons. The Hall–Kier alpha value is -2.09. The molecule has 4 rings (SSSR count). The lowest BCUT2D eigenvalue weighted by molar-refractivity contribution is -0.141. The lowest BCUT2D eigenvalue weighted by Gasteiger charge is -2.39. The van der Waals surface area contributed by atoms with Gasteiger partial charge in [-0.3, -0.25) is 10.1 Å². The Kier molecular flexibility index (Phi) is 4.91. The van der Waals surface area contributed by atoms with Crippen LogP contribution in [0.3, 0.4) is 0 Å². The zero-order chi connectivity index (χ0) is 21.9. The zero-order valence-electron chi connectivity index (χ0n) is 17.6. The van der Waals surface area contributed by atoms with E-state index >= 15 is 0 Å². The Labute approximate surface area is 173 Å². The molecule has 8 heteroatoms. The number of nitrogens with one attached hydrogen (secondary N) is 1. The van der Waals surface area contributed by atoms with Crippen molar-refractivity contribution in [1.29, 1.82) is 0 Å². The van der Waals surface area contributed by atoms with Gasteiger partial charge in [-0.25, -0.2) is 4.98 Å². The maximum Gasteiger partial charge on any atom is 0.418 e. The van der Waals surface area contributed by atoms with Gasteiger partial charge in [0.25, 0.3) is 0 Å². The first-order chi connectivity index (χ1) is 13.9. The van der Waals surface area contributed by atoms with Gasteiger partial charge < -0.3 is 9.67 Å². The summed E-state index contributed by atoms with van der Waals surface area (Å²) < 4.78 is 44.4. The number of hydrogen-bond donors (Lipinski definition) is 2. The van der Waals surface area contributed by atoms with Crippen LogP contribution >= 0.6 is 0 Å². The number of hydrogen-bond acceptors (Lipinski definition) is 3. The molecule has 0 bridgehead atoms. The number of carbonyl (C=O) groups is 1. The van der Waals surface area contributed by atoms with Crippen molar-refractivity contribution in [2.75, 3.05) is 5.32 Å². The summed E-state index contributed by atoms with van der Waals surface area (Å²) in [5, 5.41) is 13.5. The number of alkyl halides is 3. The first kappa shape index (κ1) is 21.2. The molecule has 2 aliphatic carbocycles. The molecule has 0 spiro atoms. The molecule has 2 N–H and O–H groups in total. The second-order valence-electron chi connectivity index (χ2n) is 9.91. The van der Waals surface area contributed by atoms with Crippen LogP contribution in [0.1, 0.15) is 82.9 Å². The molecule has 2 aromatic rings. The third-order valence-electron chi connectivity index (χ3n) is 6.20. The molecular weight excluding hydrogens is 395 g/mol. The zero-order valence-corrected chi connectivity index (χ0v) is 17.6. The summed E-state index contributed by atoms with van der Waals surface area (Å²) in [6.45, 7) is 5.78. The Morgan fingerprint density at radius 1 is 1.23 bits per heavy atom. The minimum Gasteiger partial charge on any atom is -0.385 e. The van der Waals surface area contributed by atoms with E-state index in [9.17, 15) is 23.1 Å². The van der Waals surface area contributed by atoms with Gasteiger partial charge in [0, 0.05) is 12.5 Å². The van der Waals surface area contributed by atoms with Gasteiger partial charge >= 0.3 is 6.18 Å². The second kappa shape index (κ2) is 6.97. The quantitative estimate of drug-likeness (QED) is 0.680. The number of fused-ring (bicyclic) bond motifs is 1. The van der Waals surface area contributed by atoms with Crippen LogP contribution in [0, 0.1) is 5.41 Å². The van der Waals surface area contributed by atoms with Gasteiger partial charge in [-0.2, -0.15) is 13.2 Å². The highest BCUT2D eigenvalue weighted by Gasteiger charge is 2.46. The van der Waals surface area contributed by atoms with Gasteiger partial charge in [-0.05, 0) is 55.6 Å². The molecule has 1 amide bonds. The Bertz CT molecular complexity index is 980. The third-order valence-corrected chi connectivity index (χ3v) is 6.20. The Morgan fingerprint density at radius 2 is 1.90 bits per heavy atom. The maximum absolute atomic E-state index is 14.3. The molecule has 0 unspecified atom stereocenters. The number of rotatable bonds is 4. The van der Waals surface area contributed by atoms with Crippen molar-refractivity contribution < 1.29 is 23.1 Å². The average Bonchev–Trinajstić information content (AvgIpc) is 2.85. The number of amides is 1. The highest BCUT2D eigenvalue weighted by Crippen LogP contribution is 2.50. The van der Waals surface area contributed by atoms with E-state index in [0.717, 1.165) is 19.3 Å². The number of halogens is 3. The lowest BCUT2D eigenvalue weighted by atomic mass is 9.73. The number of aromatic nitrogens is 2. The fraction of sp³-hybridized carbons (Fsp3) is 0.636. The number of aliphatic hydroxyl groups is 1. The van der Waals surface area contributed by atoms with Crippen LogP contribution in [0.15, 0.2) is 12.1 Å². The first-order valence-electron chi connectivity index (χ1n) is 10.5. The van der Waals surface area contributed by atoms with Gasteiger partial charge in [0.05, 0.1) is 22.2 Å². The van der Waals surface area contributed by atoms with Crippen molar-refractivity contribution in [2.24, 2.45) is 5.41 Å². The molecule has 0 aliphatic heterocycles. The van der Waals surface area contributed by atoms with Crippen LogP contribution in [0.2, 0.25) is 0 Å². The van der Waals surface area contributed by atoms with E-state index in [1.54, 1.807) is 4.57 Å². The number of imidazole rings is 1. The summed E-state index contributed by atoms with van der Waals surface area (Å²) in [5.74, 6) is -0.114. The molecule has 2 aliphatic rings. The minimum atomic E-state index is -4.64. The Balaban J connectivity index is 1.89. The molecule has 164 valence electrons. The topological polar surface area (TPSA) is 67.2 Å². The molecule has 1 aromatic carbocycles. The summed E-state index contributed by atoms with van der Waals surface area (Å²) in [6, 6.07) is 2.74. The van der Waals surface area contributed by atoms with Crippen molar-refractivity contribution in [3.8, 4) is 0 Å². The number of benzene rings is 1. The third kappa shape index (κ3) is 3.70. The van der Waals surface area contributed by atoms with E-state index in [1.807, 2.05) is 20.8 Å². The summed E-state index contributed by atoms with van der Waals surface area (Å²) in [5.41, 5.74) is -2.46. The summed E-state index contributed by atoms with van der Waals surface area (Å²) in [4.78, 5) is 16.9. The normalized spacial score (nSPS) is 19.4. The fourth-order valence-electron chi connectivity index (χ4n) is 4.38. The Morgan fingerprint density at radius 3 is 2.37 bits per heavy atom. The van der Waals surface area contributed by atoms with Gasteiger partial charge in [0.2, 0.25) is 11.9 Å². The average molecular weight is 423 g/mol. The molecule has 1 heterocycles. The van der Waals surface area contributed by atoms with E-state index in [2.05, 4.69) is 10.3 Å². The largest absolute Gasteiger partial charge is 0.418 e. The van der Waals surface area contributed by atoms with Crippen molar-refractivity contribution in [3.05, 3.63) is 23.3 Å². The van der Waals surface area contributed by atoms with Crippen LogP contribution in [-0.4, -0.2) is 20.6 Å². The van der Waals surface area contributed by atoms with Crippen molar-refractivity contribution in [1.82, 2.24) is 9.55 Å². The van der Waals surface area contributed by atoms with Crippen molar-refractivity contribution in [2.45, 2.75) is 83.5 Å². The predicted molar refractivity (Wildman–Crippen MR) is 108 cm³/mol. The van der Waals surface area contributed by atoms with Gasteiger partial charge in [-0.1, -0.05) is 26.8 Å². The maximum atomic E-state index is 14.3. The van der Waals surface area contributed by atoms with Gasteiger partial charge in [-0.15, -0.1) is 0 Å². The molecule has 2 saturated carbocycles. The van der Waals surface area contributed by atoms with E-state index in [1.165, 1.54) is 12.1 Å². The number of nitrogens with zero attached hydrogens (tertiary/aromatic N) is 2. The monoisotopic (exact) mass is 423 g/mol. The van der Waals surface area contributed by atoms with Gasteiger partial charge in [0.1, 0.15) is 0 Å². The number of carbonyl (C=O) groups excluding carboxylic acids is 1. The molecule has 0 saturated heterocycles.